The van der Waals surface area contributed by atoms with Crippen molar-refractivity contribution in [3.63, 3.8) is 0 Å². The van der Waals surface area contributed by atoms with Gasteiger partial charge in [0.2, 0.25) is 5.88 Å². The van der Waals surface area contributed by atoms with Crippen LogP contribution in [0.4, 0.5) is 4.39 Å². The van der Waals surface area contributed by atoms with Crippen molar-refractivity contribution >= 4 is 17.5 Å². The van der Waals surface area contributed by atoms with E-state index in [4.69, 9.17) is 26.2 Å². The Morgan fingerprint density at radius 3 is 2.44 bits per heavy atom. The quantitative estimate of drug-likeness (QED) is 0.249. The fourth-order valence-corrected chi connectivity index (χ4v) is 4.07. The van der Waals surface area contributed by atoms with E-state index in [2.05, 4.69) is 0 Å². The molecule has 0 aliphatic carbocycles. The van der Waals surface area contributed by atoms with Crippen molar-refractivity contribution in [2.45, 2.75) is 26.8 Å². The number of methoxy groups -OCH3 is 1. The lowest BCUT2D eigenvalue weighted by Gasteiger charge is -2.23. The molecule has 4 rings (SSSR count). The van der Waals surface area contributed by atoms with Gasteiger partial charge in [-0.25, -0.2) is 9.07 Å². The Morgan fingerprint density at radius 2 is 1.78 bits per heavy atom. The number of carbonyl (C=O) groups excluding carboxylic acids is 1. The standard InChI is InChI=1S/C28H27ClFN3O3/c1-4-16-32(27(34)24-10-5-6-11-26(24)30)18-25-19(2)31-33(21-9-7-8-20(29)17-21)28(25)36-23-14-12-22(35-3)13-15-23/h5-15,17H,4,16,18H2,1-3H3. The first-order valence-corrected chi connectivity index (χ1v) is 12.0. The van der Waals surface area contributed by atoms with Crippen LogP contribution in [-0.4, -0.2) is 34.2 Å². The molecule has 0 aliphatic heterocycles. The van der Waals surface area contributed by atoms with Gasteiger partial charge in [0, 0.05) is 11.6 Å². The third kappa shape index (κ3) is 5.52. The van der Waals surface area contributed by atoms with Crippen molar-refractivity contribution in [2.75, 3.05) is 13.7 Å². The zero-order chi connectivity index (χ0) is 25.7. The molecule has 1 heterocycles. The maximum Gasteiger partial charge on any atom is 0.257 e. The van der Waals surface area contributed by atoms with Crippen molar-refractivity contribution in [3.8, 4) is 23.1 Å². The summed E-state index contributed by atoms with van der Waals surface area (Å²) in [5.41, 5.74) is 2.14. The molecule has 36 heavy (non-hydrogen) atoms. The number of halogens is 2. The van der Waals surface area contributed by atoms with E-state index < -0.39 is 5.82 Å². The fraction of sp³-hybridized carbons (Fsp3) is 0.214. The highest BCUT2D eigenvalue weighted by molar-refractivity contribution is 6.30. The van der Waals surface area contributed by atoms with Crippen molar-refractivity contribution in [1.29, 1.82) is 0 Å². The van der Waals surface area contributed by atoms with Crippen LogP contribution in [0.25, 0.3) is 5.69 Å². The molecule has 0 saturated heterocycles. The molecule has 0 saturated carbocycles. The van der Waals surface area contributed by atoms with Crippen LogP contribution < -0.4 is 9.47 Å². The van der Waals surface area contributed by atoms with Gasteiger partial charge in [0.1, 0.15) is 17.3 Å². The molecule has 0 bridgehead atoms. The molecule has 8 heteroatoms. The van der Waals surface area contributed by atoms with Gasteiger partial charge in [-0.3, -0.25) is 4.79 Å². The van der Waals surface area contributed by atoms with Gasteiger partial charge >= 0.3 is 0 Å². The molecule has 1 aromatic heterocycles. The largest absolute Gasteiger partial charge is 0.497 e. The van der Waals surface area contributed by atoms with E-state index in [1.807, 2.05) is 26.0 Å². The normalized spacial score (nSPS) is 10.8. The van der Waals surface area contributed by atoms with Gasteiger partial charge in [0.05, 0.1) is 36.2 Å². The summed E-state index contributed by atoms with van der Waals surface area (Å²) in [5, 5.41) is 5.27. The number of hydrogen-bond donors (Lipinski definition) is 0. The van der Waals surface area contributed by atoms with Crippen LogP contribution in [-0.2, 0) is 6.54 Å². The van der Waals surface area contributed by atoms with Gasteiger partial charge in [-0.15, -0.1) is 0 Å². The minimum atomic E-state index is -0.551. The number of nitrogens with zero attached hydrogens (tertiary/aromatic N) is 3. The van der Waals surface area contributed by atoms with E-state index in [-0.39, 0.29) is 18.0 Å². The van der Waals surface area contributed by atoms with E-state index in [1.165, 1.54) is 12.1 Å². The van der Waals surface area contributed by atoms with Crippen LogP contribution in [0.1, 0.15) is 35.0 Å². The molecule has 6 nitrogen and oxygen atoms in total. The smallest absolute Gasteiger partial charge is 0.257 e. The summed E-state index contributed by atoms with van der Waals surface area (Å²) >= 11 is 6.25. The molecule has 0 aliphatic rings. The second-order valence-electron chi connectivity index (χ2n) is 8.24. The number of carbonyl (C=O) groups is 1. The third-order valence-electron chi connectivity index (χ3n) is 5.70. The molecule has 0 atom stereocenters. The molecule has 3 aromatic carbocycles. The van der Waals surface area contributed by atoms with E-state index in [0.29, 0.717) is 52.3 Å². The summed E-state index contributed by atoms with van der Waals surface area (Å²) < 4.78 is 27.7. The highest BCUT2D eigenvalue weighted by Crippen LogP contribution is 2.33. The molecule has 0 spiro atoms. The van der Waals surface area contributed by atoms with Gasteiger partial charge in [0.25, 0.3) is 5.91 Å². The molecular weight excluding hydrogens is 481 g/mol. The minimum absolute atomic E-state index is 0.0310. The summed E-state index contributed by atoms with van der Waals surface area (Å²) in [5.74, 6) is 0.779. The maximum absolute atomic E-state index is 14.4. The Kier molecular flexibility index (Phi) is 7.90. The third-order valence-corrected chi connectivity index (χ3v) is 5.93. The predicted molar refractivity (Wildman–Crippen MR) is 138 cm³/mol. The number of benzene rings is 3. The lowest BCUT2D eigenvalue weighted by molar-refractivity contribution is 0.0737. The molecule has 0 radical (unpaired) electrons. The summed E-state index contributed by atoms with van der Waals surface area (Å²) in [6.07, 6.45) is 0.705. The van der Waals surface area contributed by atoms with Gasteiger partial charge in [-0.1, -0.05) is 36.7 Å². The number of aryl methyl sites for hydroxylation is 1. The monoisotopic (exact) mass is 507 g/mol. The van der Waals surface area contributed by atoms with Crippen molar-refractivity contribution in [2.24, 2.45) is 0 Å². The van der Waals surface area contributed by atoms with Gasteiger partial charge in [0.15, 0.2) is 0 Å². The molecule has 4 aromatic rings. The van der Waals surface area contributed by atoms with Gasteiger partial charge in [-0.2, -0.15) is 5.10 Å². The average molecular weight is 508 g/mol. The summed E-state index contributed by atoms with van der Waals surface area (Å²) in [7, 11) is 1.60. The number of hydrogen-bond acceptors (Lipinski definition) is 4. The molecule has 0 N–H and O–H groups in total. The number of aromatic nitrogens is 2. The van der Waals surface area contributed by atoms with Crippen LogP contribution in [0.5, 0.6) is 17.4 Å². The first kappa shape index (κ1) is 25.3. The number of ether oxygens (including phenoxy) is 2. The zero-order valence-electron chi connectivity index (χ0n) is 20.4. The molecule has 0 fully saturated rings. The minimum Gasteiger partial charge on any atom is -0.497 e. The van der Waals surface area contributed by atoms with E-state index in [9.17, 15) is 9.18 Å². The van der Waals surface area contributed by atoms with Crippen molar-refractivity contribution in [3.05, 3.63) is 100 Å². The SMILES string of the molecule is CCCN(Cc1c(C)nn(-c2cccc(Cl)c2)c1Oc1ccc(OC)cc1)C(=O)c1ccccc1F. The highest BCUT2D eigenvalue weighted by Gasteiger charge is 2.25. The number of amides is 1. The van der Waals surface area contributed by atoms with Crippen LogP contribution in [0.3, 0.4) is 0 Å². The summed E-state index contributed by atoms with van der Waals surface area (Å²) in [6, 6.07) is 20.5. The molecule has 0 unspecified atom stereocenters. The first-order valence-electron chi connectivity index (χ1n) is 11.6. The topological polar surface area (TPSA) is 56.6 Å². The number of rotatable bonds is 9. The Bertz CT molecular complexity index is 1350. The fourth-order valence-electron chi connectivity index (χ4n) is 3.88. The van der Waals surface area contributed by atoms with Crippen LogP contribution in [0.2, 0.25) is 5.02 Å². The zero-order valence-corrected chi connectivity index (χ0v) is 21.1. The highest BCUT2D eigenvalue weighted by atomic mass is 35.5. The Balaban J connectivity index is 1.77. The van der Waals surface area contributed by atoms with E-state index in [1.54, 1.807) is 65.2 Å². The van der Waals surface area contributed by atoms with Crippen molar-refractivity contribution < 1.29 is 18.7 Å². The van der Waals surface area contributed by atoms with Gasteiger partial charge < -0.3 is 14.4 Å². The van der Waals surface area contributed by atoms with E-state index >= 15 is 0 Å². The Labute approximate surface area is 214 Å². The molecule has 1 amide bonds. The summed E-state index contributed by atoms with van der Waals surface area (Å²) in [6.45, 7) is 4.46. The van der Waals surface area contributed by atoms with Crippen molar-refractivity contribution in [1.82, 2.24) is 14.7 Å². The average Bonchev–Trinajstić information content (AvgIpc) is 3.18. The molecule has 186 valence electrons. The summed E-state index contributed by atoms with van der Waals surface area (Å²) in [4.78, 5) is 14.9. The van der Waals surface area contributed by atoms with Gasteiger partial charge in [-0.05, 0) is 67.9 Å². The van der Waals surface area contributed by atoms with Crippen LogP contribution in [0, 0.1) is 12.7 Å². The lowest BCUT2D eigenvalue weighted by Crippen LogP contribution is -2.32. The Hall–Kier alpha value is -3.84. The van der Waals surface area contributed by atoms with E-state index in [0.717, 1.165) is 0 Å². The first-order chi connectivity index (χ1) is 17.4. The van der Waals surface area contributed by atoms with Crippen LogP contribution in [0.15, 0.2) is 72.8 Å². The Morgan fingerprint density at radius 1 is 1.06 bits per heavy atom. The second kappa shape index (κ2) is 11.3. The van der Waals surface area contributed by atoms with Crippen LogP contribution >= 0.6 is 11.6 Å². The lowest BCUT2D eigenvalue weighted by atomic mass is 10.1. The molecular formula is C28H27ClFN3O3. The second-order valence-corrected chi connectivity index (χ2v) is 8.68. The maximum atomic E-state index is 14.4. The predicted octanol–water partition coefficient (Wildman–Crippen LogP) is 6.83.